The second-order valence-corrected chi connectivity index (χ2v) is 8.20. The molecule has 0 bridgehead atoms. The van der Waals surface area contributed by atoms with E-state index in [9.17, 15) is 14.4 Å². The first-order chi connectivity index (χ1) is 13.5. The van der Waals surface area contributed by atoms with E-state index >= 15 is 0 Å². The lowest BCUT2D eigenvalue weighted by Gasteiger charge is -2.31. The summed E-state index contributed by atoms with van der Waals surface area (Å²) in [6.45, 7) is 7.13. The summed E-state index contributed by atoms with van der Waals surface area (Å²) in [5, 5.41) is 2.86. The Morgan fingerprint density at radius 2 is 1.93 bits per heavy atom. The Balaban J connectivity index is 2.53. The number of ether oxygens (including phenoxy) is 1. The monoisotopic (exact) mass is 419 g/mol. The molecule has 5 N–H and O–H groups in total. The molecule has 3 amide bonds. The number of nitrogens with one attached hydrogen (secondary N) is 1. The van der Waals surface area contributed by atoms with Crippen molar-refractivity contribution < 1.29 is 19.1 Å². The van der Waals surface area contributed by atoms with Gasteiger partial charge in [-0.1, -0.05) is 6.07 Å². The van der Waals surface area contributed by atoms with Crippen LogP contribution in [0, 0.1) is 0 Å². The first-order valence-electron chi connectivity index (χ1n) is 8.81. The molecular formula is C19H25N5O4S. The van der Waals surface area contributed by atoms with Crippen LogP contribution >= 0.6 is 11.5 Å². The van der Waals surface area contributed by atoms with E-state index in [1.807, 2.05) is 20.8 Å². The van der Waals surface area contributed by atoms with Crippen LogP contribution in [0.4, 0.5) is 11.4 Å². The number of nitrogens with zero attached hydrogens (tertiary/aromatic N) is 2. The van der Waals surface area contributed by atoms with Gasteiger partial charge in [0.2, 0.25) is 5.91 Å². The molecule has 0 radical (unpaired) electrons. The predicted molar refractivity (Wildman–Crippen MR) is 112 cm³/mol. The standard InChI is InChI=1S/C19H25N5O4S/c1-10(17(26)22-19(2,3)4)24(11-7-6-8-12(9-11)28-5)18(27)15-13(20)14(16(21)25)23-29-15/h6-10H,20H2,1-5H3,(H2,21,25)(H,22,26)/t10-/m0/s1. The third-order valence-corrected chi connectivity index (χ3v) is 4.82. The van der Waals surface area contributed by atoms with E-state index in [-0.39, 0.29) is 22.2 Å². The van der Waals surface area contributed by atoms with Gasteiger partial charge in [-0.3, -0.25) is 19.3 Å². The number of benzene rings is 1. The number of anilines is 2. The molecule has 0 unspecified atom stereocenters. The predicted octanol–water partition coefficient (Wildman–Crippen LogP) is 1.78. The van der Waals surface area contributed by atoms with Gasteiger partial charge in [0.1, 0.15) is 16.7 Å². The highest BCUT2D eigenvalue weighted by Gasteiger charge is 2.33. The number of hydrogen-bond donors (Lipinski definition) is 3. The van der Waals surface area contributed by atoms with E-state index < -0.39 is 23.4 Å². The van der Waals surface area contributed by atoms with Crippen molar-refractivity contribution in [2.75, 3.05) is 17.7 Å². The molecule has 0 aliphatic carbocycles. The van der Waals surface area contributed by atoms with E-state index in [0.29, 0.717) is 11.4 Å². The zero-order valence-electron chi connectivity index (χ0n) is 17.0. The summed E-state index contributed by atoms with van der Waals surface area (Å²) >= 11 is 0.758. The molecule has 2 aromatic rings. The van der Waals surface area contributed by atoms with Gasteiger partial charge in [-0.15, -0.1) is 0 Å². The molecule has 0 fully saturated rings. The van der Waals surface area contributed by atoms with Crippen molar-refractivity contribution >= 4 is 40.6 Å². The molecular weight excluding hydrogens is 394 g/mol. The SMILES string of the molecule is COc1cccc(N(C(=O)c2snc(C(N)=O)c2N)[C@@H](C)C(=O)NC(C)(C)C)c1. The zero-order chi connectivity index (χ0) is 21.9. The van der Waals surface area contributed by atoms with Gasteiger partial charge in [0, 0.05) is 17.3 Å². The van der Waals surface area contributed by atoms with Crippen LogP contribution in [0.3, 0.4) is 0 Å². The largest absolute Gasteiger partial charge is 0.497 e. The number of nitrogens with two attached hydrogens (primary N) is 2. The molecule has 0 aliphatic heterocycles. The van der Waals surface area contributed by atoms with E-state index in [4.69, 9.17) is 16.2 Å². The molecule has 29 heavy (non-hydrogen) atoms. The second-order valence-electron chi connectivity index (χ2n) is 7.43. The van der Waals surface area contributed by atoms with Gasteiger partial charge in [0.15, 0.2) is 5.69 Å². The lowest BCUT2D eigenvalue weighted by Crippen LogP contribution is -2.52. The summed E-state index contributed by atoms with van der Waals surface area (Å²) in [5.74, 6) is -1.24. The van der Waals surface area contributed by atoms with Crippen molar-refractivity contribution in [1.82, 2.24) is 9.69 Å². The maximum atomic E-state index is 13.4. The summed E-state index contributed by atoms with van der Waals surface area (Å²) in [5.41, 5.74) is 10.8. The van der Waals surface area contributed by atoms with Gasteiger partial charge in [-0.05, 0) is 51.4 Å². The van der Waals surface area contributed by atoms with Crippen LogP contribution in [-0.4, -0.2) is 40.8 Å². The number of hydrogen-bond acceptors (Lipinski definition) is 7. The van der Waals surface area contributed by atoms with Gasteiger partial charge in [0.25, 0.3) is 11.8 Å². The molecule has 10 heteroatoms. The minimum absolute atomic E-state index is 0.0250. The van der Waals surface area contributed by atoms with E-state index in [2.05, 4.69) is 9.69 Å². The number of carbonyl (C=O) groups is 3. The highest BCUT2D eigenvalue weighted by molar-refractivity contribution is 7.09. The number of rotatable bonds is 6. The van der Waals surface area contributed by atoms with Gasteiger partial charge < -0.3 is 21.5 Å². The number of methoxy groups -OCH3 is 1. The van der Waals surface area contributed by atoms with E-state index in [0.717, 1.165) is 11.5 Å². The highest BCUT2D eigenvalue weighted by Crippen LogP contribution is 2.29. The fourth-order valence-electron chi connectivity index (χ4n) is 2.61. The van der Waals surface area contributed by atoms with Crippen LogP contribution < -0.4 is 26.4 Å². The van der Waals surface area contributed by atoms with Crippen LogP contribution in [-0.2, 0) is 4.79 Å². The number of carbonyl (C=O) groups excluding carboxylic acids is 3. The number of primary amides is 1. The fourth-order valence-corrected chi connectivity index (χ4v) is 3.35. The van der Waals surface area contributed by atoms with Crippen molar-refractivity contribution in [1.29, 1.82) is 0 Å². The van der Waals surface area contributed by atoms with Gasteiger partial charge in [0.05, 0.1) is 12.8 Å². The molecule has 0 saturated heterocycles. The van der Waals surface area contributed by atoms with Crippen LogP contribution in [0.2, 0.25) is 0 Å². The van der Waals surface area contributed by atoms with E-state index in [1.165, 1.54) is 12.0 Å². The molecule has 2 rings (SSSR count). The van der Waals surface area contributed by atoms with Gasteiger partial charge in [-0.25, -0.2) is 0 Å². The molecule has 1 atom stereocenters. The Bertz CT molecular complexity index is 935. The molecule has 1 aromatic carbocycles. The zero-order valence-corrected chi connectivity index (χ0v) is 17.8. The summed E-state index contributed by atoms with van der Waals surface area (Å²) < 4.78 is 9.12. The number of nitrogen functional groups attached to an aromatic ring is 1. The van der Waals surface area contributed by atoms with Crippen molar-refractivity contribution in [3.8, 4) is 5.75 Å². The average molecular weight is 420 g/mol. The average Bonchev–Trinajstić information content (AvgIpc) is 3.02. The molecule has 0 saturated carbocycles. The Morgan fingerprint density at radius 1 is 1.28 bits per heavy atom. The molecule has 1 aromatic heterocycles. The summed E-state index contributed by atoms with van der Waals surface area (Å²) in [6.07, 6.45) is 0. The molecule has 0 spiro atoms. The fraction of sp³-hybridized carbons (Fsp3) is 0.368. The first kappa shape index (κ1) is 22.2. The molecule has 0 aliphatic rings. The molecule has 1 heterocycles. The Hall–Kier alpha value is -3.14. The van der Waals surface area contributed by atoms with Crippen molar-refractivity contribution in [2.24, 2.45) is 5.73 Å². The molecule has 9 nitrogen and oxygen atoms in total. The van der Waals surface area contributed by atoms with Crippen LogP contribution in [0.1, 0.15) is 47.9 Å². The highest BCUT2D eigenvalue weighted by atomic mass is 32.1. The van der Waals surface area contributed by atoms with Crippen LogP contribution in [0.15, 0.2) is 24.3 Å². The maximum Gasteiger partial charge on any atom is 0.272 e. The van der Waals surface area contributed by atoms with Gasteiger partial charge in [-0.2, -0.15) is 4.37 Å². The second kappa shape index (κ2) is 8.48. The maximum absolute atomic E-state index is 13.4. The smallest absolute Gasteiger partial charge is 0.272 e. The van der Waals surface area contributed by atoms with Crippen molar-refractivity contribution in [3.63, 3.8) is 0 Å². The molecule has 156 valence electrons. The number of aromatic nitrogens is 1. The quantitative estimate of drug-likeness (QED) is 0.652. The Kier molecular flexibility index (Phi) is 6.48. The minimum Gasteiger partial charge on any atom is -0.497 e. The Labute approximate surface area is 173 Å². The van der Waals surface area contributed by atoms with Crippen molar-refractivity contribution in [2.45, 2.75) is 39.3 Å². The first-order valence-corrected chi connectivity index (χ1v) is 9.58. The topological polar surface area (TPSA) is 141 Å². The third-order valence-electron chi connectivity index (χ3n) is 3.97. The third kappa shape index (κ3) is 5.02. The lowest BCUT2D eigenvalue weighted by atomic mass is 10.1. The van der Waals surface area contributed by atoms with E-state index in [1.54, 1.807) is 31.2 Å². The normalized spacial score (nSPS) is 12.2. The summed E-state index contributed by atoms with van der Waals surface area (Å²) in [7, 11) is 1.50. The Morgan fingerprint density at radius 3 is 2.45 bits per heavy atom. The van der Waals surface area contributed by atoms with Gasteiger partial charge >= 0.3 is 0 Å². The van der Waals surface area contributed by atoms with Crippen molar-refractivity contribution in [3.05, 3.63) is 34.8 Å². The summed E-state index contributed by atoms with van der Waals surface area (Å²) in [6, 6.07) is 5.84. The lowest BCUT2D eigenvalue weighted by molar-refractivity contribution is -0.123. The minimum atomic E-state index is -0.882. The van der Waals surface area contributed by atoms with Crippen LogP contribution in [0.5, 0.6) is 5.75 Å². The number of amides is 3. The van der Waals surface area contributed by atoms with Crippen LogP contribution in [0.25, 0.3) is 0 Å². The summed E-state index contributed by atoms with van der Waals surface area (Å²) in [4.78, 5) is 38.9.